The molecule has 2 aromatic carbocycles. The summed E-state index contributed by atoms with van der Waals surface area (Å²) in [4.78, 5) is 12.6. The molecule has 1 heterocycles. The van der Waals surface area contributed by atoms with Crippen LogP contribution in [0.4, 0.5) is 4.79 Å². The van der Waals surface area contributed by atoms with Gasteiger partial charge in [0.1, 0.15) is 0 Å². The summed E-state index contributed by atoms with van der Waals surface area (Å²) in [6, 6.07) is 13.1. The smallest absolute Gasteiger partial charge is 0.405 e. The van der Waals surface area contributed by atoms with Gasteiger partial charge in [-0.1, -0.05) is 29.8 Å². The van der Waals surface area contributed by atoms with Gasteiger partial charge in [0.05, 0.1) is 17.0 Å². The maximum atomic E-state index is 13.0. The van der Waals surface area contributed by atoms with Crippen molar-refractivity contribution in [3.8, 4) is 0 Å². The molecular weight excluding hydrogens is 412 g/mol. The number of hydrogen-bond acceptors (Lipinski definition) is 5. The molecular formula is C20H24N2O5S2. The number of thioether (sulfide) groups is 1. The van der Waals surface area contributed by atoms with Crippen LogP contribution in [0.5, 0.6) is 0 Å². The molecule has 2 aromatic rings. The van der Waals surface area contributed by atoms with Gasteiger partial charge in [-0.25, -0.2) is 13.2 Å². The van der Waals surface area contributed by atoms with E-state index in [2.05, 4.69) is 5.32 Å². The number of hydrogen-bond donors (Lipinski definition) is 3. The number of nitrogens with one attached hydrogen (secondary N) is 1. The summed E-state index contributed by atoms with van der Waals surface area (Å²) < 4.78 is 27.2. The number of nitrogens with zero attached hydrogens (tertiary/aromatic N) is 1. The lowest BCUT2D eigenvalue weighted by molar-refractivity contribution is 0.119. The highest BCUT2D eigenvalue weighted by molar-refractivity contribution is 7.98. The molecule has 3 atom stereocenters. The van der Waals surface area contributed by atoms with Crippen LogP contribution in [0, 0.1) is 12.8 Å². The van der Waals surface area contributed by atoms with Crippen molar-refractivity contribution in [2.75, 3.05) is 19.3 Å². The third-order valence-electron chi connectivity index (χ3n) is 5.14. The first-order chi connectivity index (χ1) is 13.7. The fourth-order valence-electron chi connectivity index (χ4n) is 3.54. The Morgan fingerprint density at radius 2 is 1.76 bits per heavy atom. The Balaban J connectivity index is 1.87. The zero-order chi connectivity index (χ0) is 21.2. The van der Waals surface area contributed by atoms with Gasteiger partial charge in [0, 0.05) is 23.9 Å². The number of sulfonamides is 1. The maximum Gasteiger partial charge on any atom is 0.405 e. The van der Waals surface area contributed by atoms with E-state index in [4.69, 9.17) is 0 Å². The number of benzene rings is 2. The number of aliphatic hydroxyl groups is 1. The van der Waals surface area contributed by atoms with Crippen LogP contribution in [0.25, 0.3) is 0 Å². The van der Waals surface area contributed by atoms with E-state index in [1.807, 2.05) is 25.3 Å². The lowest BCUT2D eigenvalue weighted by Gasteiger charge is -2.26. The van der Waals surface area contributed by atoms with Crippen molar-refractivity contribution >= 4 is 27.9 Å². The molecule has 7 nitrogen and oxygen atoms in total. The highest BCUT2D eigenvalue weighted by atomic mass is 32.2. The predicted octanol–water partition coefficient (Wildman–Crippen LogP) is 2.71. The maximum absolute atomic E-state index is 13.0. The topological polar surface area (TPSA) is 107 Å². The quantitative estimate of drug-likeness (QED) is 0.601. The van der Waals surface area contributed by atoms with E-state index in [-0.39, 0.29) is 18.0 Å². The SMILES string of the molecule is CSc1ccc([C@H](NC(=O)O)[C@H]2CN(S(=O)(=O)c3ccc(C)cc3)C[C@H]2O)cc1. The average Bonchev–Trinajstić information content (AvgIpc) is 3.09. The lowest BCUT2D eigenvalue weighted by Crippen LogP contribution is -2.37. The molecule has 0 aliphatic carbocycles. The molecule has 1 aliphatic rings. The van der Waals surface area contributed by atoms with Gasteiger partial charge in [-0.15, -0.1) is 11.8 Å². The number of rotatable bonds is 6. The standard InChI is InChI=1S/C20H24N2O5S2/c1-13-3-9-16(10-4-13)29(26,27)22-11-17(18(23)12-22)19(21-20(24)25)14-5-7-15(28-2)8-6-14/h3-10,17-19,21,23H,11-12H2,1-2H3,(H,24,25)/t17-,18+,19-/m0/s1. The Hall–Kier alpha value is -2.07. The van der Waals surface area contributed by atoms with E-state index in [0.717, 1.165) is 10.5 Å². The monoisotopic (exact) mass is 436 g/mol. The second-order valence-corrected chi connectivity index (χ2v) is 9.88. The van der Waals surface area contributed by atoms with Crippen LogP contribution in [0.2, 0.25) is 0 Å². The third-order valence-corrected chi connectivity index (χ3v) is 7.73. The number of β-amino-alcohol motifs (C(OH)–C–C–N with tert-alkyl or cyclic N) is 1. The van der Waals surface area contributed by atoms with Gasteiger partial charge < -0.3 is 15.5 Å². The summed E-state index contributed by atoms with van der Waals surface area (Å²) in [6.07, 6.45) is -0.278. The Bertz CT molecular complexity index is 961. The number of carboxylic acid groups (broad SMARTS) is 1. The van der Waals surface area contributed by atoms with Gasteiger partial charge in [-0.05, 0) is 43.0 Å². The average molecular weight is 437 g/mol. The number of carbonyl (C=O) groups is 1. The molecule has 0 radical (unpaired) electrons. The van der Waals surface area contributed by atoms with Crippen molar-refractivity contribution in [3.63, 3.8) is 0 Å². The highest BCUT2D eigenvalue weighted by Crippen LogP contribution is 2.34. The molecule has 29 heavy (non-hydrogen) atoms. The van der Waals surface area contributed by atoms with Crippen LogP contribution in [0.1, 0.15) is 17.2 Å². The van der Waals surface area contributed by atoms with Gasteiger partial charge in [-0.3, -0.25) is 0 Å². The number of aryl methyl sites for hydroxylation is 1. The van der Waals surface area contributed by atoms with E-state index in [9.17, 15) is 23.4 Å². The minimum Gasteiger partial charge on any atom is -0.465 e. The van der Waals surface area contributed by atoms with Crippen LogP contribution >= 0.6 is 11.8 Å². The first-order valence-electron chi connectivity index (χ1n) is 9.10. The Labute approximate surface area is 174 Å². The van der Waals surface area contributed by atoms with E-state index in [1.54, 1.807) is 48.2 Å². The summed E-state index contributed by atoms with van der Waals surface area (Å²) in [6.45, 7) is 1.81. The first-order valence-corrected chi connectivity index (χ1v) is 11.8. The van der Waals surface area contributed by atoms with E-state index >= 15 is 0 Å². The Morgan fingerprint density at radius 1 is 1.14 bits per heavy atom. The fourth-order valence-corrected chi connectivity index (χ4v) is 5.44. The van der Waals surface area contributed by atoms with Crippen LogP contribution in [-0.4, -0.2) is 54.5 Å². The van der Waals surface area contributed by atoms with Crippen molar-refractivity contribution in [1.29, 1.82) is 0 Å². The normalized spacial score (nSPS) is 21.1. The molecule has 0 bridgehead atoms. The molecule has 0 aromatic heterocycles. The molecule has 1 saturated heterocycles. The minimum absolute atomic E-state index is 0.0204. The van der Waals surface area contributed by atoms with Crippen LogP contribution < -0.4 is 5.32 Å². The summed E-state index contributed by atoms with van der Waals surface area (Å²) in [7, 11) is -3.78. The zero-order valence-electron chi connectivity index (χ0n) is 16.1. The van der Waals surface area contributed by atoms with E-state index < -0.39 is 34.2 Å². The van der Waals surface area contributed by atoms with Gasteiger partial charge in [0.15, 0.2) is 0 Å². The lowest BCUT2D eigenvalue weighted by atomic mass is 9.90. The summed E-state index contributed by atoms with van der Waals surface area (Å²) in [5.74, 6) is -0.605. The molecule has 0 saturated carbocycles. The molecule has 3 N–H and O–H groups in total. The molecule has 0 spiro atoms. The minimum atomic E-state index is -3.78. The summed E-state index contributed by atoms with van der Waals surface area (Å²) in [5, 5.41) is 22.4. The fraction of sp³-hybridized carbons (Fsp3) is 0.350. The Kier molecular flexibility index (Phi) is 6.52. The first kappa shape index (κ1) is 21.6. The van der Waals surface area contributed by atoms with Crippen molar-refractivity contribution in [2.24, 2.45) is 5.92 Å². The zero-order valence-corrected chi connectivity index (χ0v) is 17.8. The van der Waals surface area contributed by atoms with Crippen LogP contribution in [-0.2, 0) is 10.0 Å². The third kappa shape index (κ3) is 4.75. The largest absolute Gasteiger partial charge is 0.465 e. The van der Waals surface area contributed by atoms with E-state index in [1.165, 1.54) is 4.31 Å². The summed E-state index contributed by atoms with van der Waals surface area (Å²) in [5.41, 5.74) is 1.63. The van der Waals surface area contributed by atoms with Gasteiger partial charge >= 0.3 is 6.09 Å². The molecule has 156 valence electrons. The molecule has 0 unspecified atom stereocenters. The van der Waals surface area contributed by atoms with Gasteiger partial charge in [-0.2, -0.15) is 4.31 Å². The predicted molar refractivity (Wildman–Crippen MR) is 112 cm³/mol. The molecule has 3 rings (SSSR count). The molecule has 9 heteroatoms. The van der Waals surface area contributed by atoms with Gasteiger partial charge in [0.2, 0.25) is 10.0 Å². The Morgan fingerprint density at radius 3 is 2.31 bits per heavy atom. The van der Waals surface area contributed by atoms with Crippen molar-refractivity contribution in [2.45, 2.75) is 28.9 Å². The second-order valence-electron chi connectivity index (χ2n) is 7.07. The summed E-state index contributed by atoms with van der Waals surface area (Å²) >= 11 is 1.56. The van der Waals surface area contributed by atoms with Crippen molar-refractivity contribution < 1.29 is 23.4 Å². The van der Waals surface area contributed by atoms with Crippen molar-refractivity contribution in [3.05, 3.63) is 59.7 Å². The molecule has 1 fully saturated rings. The van der Waals surface area contributed by atoms with Crippen LogP contribution in [0.15, 0.2) is 58.3 Å². The van der Waals surface area contributed by atoms with Crippen molar-refractivity contribution in [1.82, 2.24) is 9.62 Å². The van der Waals surface area contributed by atoms with Gasteiger partial charge in [0.25, 0.3) is 0 Å². The number of aliphatic hydroxyl groups excluding tert-OH is 1. The second kappa shape index (κ2) is 8.74. The molecule has 1 aliphatic heterocycles. The molecule has 1 amide bonds. The van der Waals surface area contributed by atoms with Crippen LogP contribution in [0.3, 0.4) is 0 Å². The highest BCUT2D eigenvalue weighted by Gasteiger charge is 2.43. The van der Waals surface area contributed by atoms with E-state index in [0.29, 0.717) is 5.56 Å². The number of amides is 1.